The van der Waals surface area contributed by atoms with E-state index in [1.165, 1.54) is 0 Å². The van der Waals surface area contributed by atoms with Crippen LogP contribution in [0.5, 0.6) is 17.2 Å². The van der Waals surface area contributed by atoms with E-state index in [2.05, 4.69) is 11.6 Å². The number of hydrogen-bond acceptors (Lipinski definition) is 6. The highest BCUT2D eigenvalue weighted by atomic mass is 16.5. The normalized spacial score (nSPS) is 10.6. The number of methoxy groups -OCH3 is 1. The number of ketones is 1. The average molecular weight is 436 g/mol. The fourth-order valence-corrected chi connectivity index (χ4v) is 3.14. The number of ether oxygens (including phenoxy) is 3. The Hall–Kier alpha value is -3.54. The molecule has 0 aliphatic heterocycles. The van der Waals surface area contributed by atoms with Crippen LogP contribution in [0.2, 0.25) is 0 Å². The number of aryl methyl sites for hydroxylation is 1. The van der Waals surface area contributed by atoms with Gasteiger partial charge in [-0.1, -0.05) is 25.1 Å². The van der Waals surface area contributed by atoms with E-state index in [1.54, 1.807) is 25.5 Å². The summed E-state index contributed by atoms with van der Waals surface area (Å²) in [4.78, 5) is 17.3. The lowest BCUT2D eigenvalue weighted by Gasteiger charge is -2.10. The van der Waals surface area contributed by atoms with Gasteiger partial charge in [0.05, 0.1) is 31.6 Å². The van der Waals surface area contributed by atoms with Crippen LogP contribution in [-0.4, -0.2) is 31.1 Å². The molecule has 1 aromatic heterocycles. The lowest BCUT2D eigenvalue weighted by Crippen LogP contribution is -2.06. The fourth-order valence-electron chi connectivity index (χ4n) is 3.14. The van der Waals surface area contributed by atoms with Crippen molar-refractivity contribution in [2.75, 3.05) is 20.3 Å². The largest absolute Gasteiger partial charge is 0.493 e. The molecule has 6 heteroatoms. The lowest BCUT2D eigenvalue weighted by molar-refractivity contribution is 0.0978. The molecule has 0 unspecified atom stereocenters. The second-order valence-electron chi connectivity index (χ2n) is 7.20. The highest BCUT2D eigenvalue weighted by molar-refractivity contribution is 5.98. The number of carbonyl (C=O) groups is 1. The Kier molecular flexibility index (Phi) is 8.49. The van der Waals surface area contributed by atoms with Gasteiger partial charge in [-0.15, -0.1) is 6.58 Å². The standard InChI is InChI=1S/C26H29NO5/c1-4-6-16-31-25-17-19(11-14-24(25)29-3)26-27-20(18-32-26)12-13-22(28)21-9-7-8-10-23(21)30-15-5-2/h4,7-11,14,17-18H,1,5-6,12-13,15-16H2,2-3H3. The Bertz CT molecular complexity index is 1040. The summed E-state index contributed by atoms with van der Waals surface area (Å²) in [7, 11) is 1.60. The molecule has 0 radical (unpaired) electrons. The predicted octanol–water partition coefficient (Wildman–Crippen LogP) is 5.91. The zero-order valence-corrected chi connectivity index (χ0v) is 18.6. The summed E-state index contributed by atoms with van der Waals surface area (Å²) in [5.74, 6) is 2.37. The van der Waals surface area contributed by atoms with Crippen LogP contribution in [0.25, 0.3) is 11.5 Å². The average Bonchev–Trinajstić information content (AvgIpc) is 3.30. The van der Waals surface area contributed by atoms with Crippen LogP contribution in [-0.2, 0) is 6.42 Å². The minimum absolute atomic E-state index is 0.0172. The first-order chi connectivity index (χ1) is 15.7. The van der Waals surface area contributed by atoms with Gasteiger partial charge in [0.15, 0.2) is 17.3 Å². The van der Waals surface area contributed by atoms with E-state index in [-0.39, 0.29) is 5.78 Å². The van der Waals surface area contributed by atoms with Gasteiger partial charge in [0, 0.05) is 18.4 Å². The number of para-hydroxylation sites is 1. The van der Waals surface area contributed by atoms with Crippen molar-refractivity contribution in [2.45, 2.75) is 32.6 Å². The molecule has 0 aliphatic carbocycles. The summed E-state index contributed by atoms with van der Waals surface area (Å²) in [6.07, 6.45) is 5.80. The molecule has 3 rings (SSSR count). The predicted molar refractivity (Wildman–Crippen MR) is 124 cm³/mol. The van der Waals surface area contributed by atoms with Crippen molar-refractivity contribution in [3.05, 3.63) is 72.6 Å². The van der Waals surface area contributed by atoms with Gasteiger partial charge in [-0.25, -0.2) is 4.98 Å². The molecule has 0 fully saturated rings. The topological polar surface area (TPSA) is 70.8 Å². The minimum atomic E-state index is 0.0172. The van der Waals surface area contributed by atoms with Crippen LogP contribution >= 0.6 is 0 Å². The summed E-state index contributed by atoms with van der Waals surface area (Å²) in [5.41, 5.74) is 2.08. The SMILES string of the molecule is C=CCCOc1cc(-c2nc(CCC(=O)c3ccccc3OCCC)co2)ccc1OC. The van der Waals surface area contributed by atoms with Crippen LogP contribution in [0.15, 0.2) is 65.8 Å². The number of carbonyl (C=O) groups excluding carboxylic acids is 1. The van der Waals surface area contributed by atoms with Gasteiger partial charge in [-0.05, 0) is 43.2 Å². The van der Waals surface area contributed by atoms with Gasteiger partial charge in [-0.2, -0.15) is 0 Å². The maximum absolute atomic E-state index is 12.7. The molecule has 0 spiro atoms. The van der Waals surface area contributed by atoms with E-state index >= 15 is 0 Å². The van der Waals surface area contributed by atoms with Crippen molar-refractivity contribution >= 4 is 5.78 Å². The van der Waals surface area contributed by atoms with E-state index in [9.17, 15) is 4.79 Å². The number of rotatable bonds is 13. The zero-order chi connectivity index (χ0) is 22.8. The second-order valence-corrected chi connectivity index (χ2v) is 7.20. The molecule has 0 N–H and O–H groups in total. The third kappa shape index (κ3) is 6.00. The molecule has 0 saturated heterocycles. The molecule has 0 atom stereocenters. The summed E-state index contributed by atoms with van der Waals surface area (Å²) < 4.78 is 22.5. The van der Waals surface area contributed by atoms with E-state index < -0.39 is 0 Å². The van der Waals surface area contributed by atoms with Gasteiger partial charge in [0.2, 0.25) is 5.89 Å². The van der Waals surface area contributed by atoms with Crippen LogP contribution in [0.3, 0.4) is 0 Å². The summed E-state index contributed by atoms with van der Waals surface area (Å²) in [5, 5.41) is 0. The fraction of sp³-hybridized carbons (Fsp3) is 0.308. The Labute approximate surface area is 188 Å². The van der Waals surface area contributed by atoms with Crippen LogP contribution in [0, 0.1) is 0 Å². The lowest BCUT2D eigenvalue weighted by atomic mass is 10.0. The van der Waals surface area contributed by atoms with Gasteiger partial charge in [0.1, 0.15) is 12.0 Å². The van der Waals surface area contributed by atoms with Gasteiger partial charge < -0.3 is 18.6 Å². The quantitative estimate of drug-likeness (QED) is 0.189. The van der Waals surface area contributed by atoms with Crippen LogP contribution in [0.1, 0.15) is 42.2 Å². The monoisotopic (exact) mass is 435 g/mol. The first-order valence-electron chi connectivity index (χ1n) is 10.8. The van der Waals surface area contributed by atoms with Gasteiger partial charge in [-0.3, -0.25) is 4.79 Å². The van der Waals surface area contributed by atoms with Crippen molar-refractivity contribution < 1.29 is 23.4 Å². The highest BCUT2D eigenvalue weighted by Gasteiger charge is 2.15. The third-order valence-corrected chi connectivity index (χ3v) is 4.80. The summed E-state index contributed by atoms with van der Waals surface area (Å²) in [6.45, 7) is 6.82. The molecule has 6 nitrogen and oxygen atoms in total. The van der Waals surface area contributed by atoms with Crippen molar-refractivity contribution in [1.82, 2.24) is 4.98 Å². The Morgan fingerprint density at radius 3 is 2.69 bits per heavy atom. The number of hydrogen-bond donors (Lipinski definition) is 0. The molecular weight excluding hydrogens is 406 g/mol. The molecule has 0 bridgehead atoms. The number of oxazole rings is 1. The van der Waals surface area contributed by atoms with Gasteiger partial charge in [0.25, 0.3) is 0 Å². The maximum atomic E-state index is 12.7. The summed E-state index contributed by atoms with van der Waals surface area (Å²) >= 11 is 0. The van der Waals surface area contributed by atoms with Crippen molar-refractivity contribution in [2.24, 2.45) is 0 Å². The molecule has 0 amide bonds. The van der Waals surface area contributed by atoms with E-state index in [0.29, 0.717) is 60.5 Å². The van der Waals surface area contributed by atoms with E-state index in [0.717, 1.165) is 18.4 Å². The Balaban J connectivity index is 1.67. The molecule has 2 aromatic carbocycles. The number of aromatic nitrogens is 1. The minimum Gasteiger partial charge on any atom is -0.493 e. The van der Waals surface area contributed by atoms with Crippen molar-refractivity contribution in [3.63, 3.8) is 0 Å². The Morgan fingerprint density at radius 1 is 1.09 bits per heavy atom. The van der Waals surface area contributed by atoms with Crippen LogP contribution < -0.4 is 14.2 Å². The zero-order valence-electron chi connectivity index (χ0n) is 18.6. The third-order valence-electron chi connectivity index (χ3n) is 4.80. The van der Waals surface area contributed by atoms with Gasteiger partial charge >= 0.3 is 0 Å². The van der Waals surface area contributed by atoms with E-state index in [1.807, 2.05) is 43.3 Å². The molecule has 168 valence electrons. The number of nitrogens with zero attached hydrogens (tertiary/aromatic N) is 1. The number of Topliss-reactive ketones (excluding diaryl/α,β-unsaturated/α-hetero) is 1. The second kappa shape index (κ2) is 11.7. The maximum Gasteiger partial charge on any atom is 0.226 e. The van der Waals surface area contributed by atoms with E-state index in [4.69, 9.17) is 18.6 Å². The van der Waals surface area contributed by atoms with Crippen molar-refractivity contribution in [3.8, 4) is 28.7 Å². The smallest absolute Gasteiger partial charge is 0.226 e. The molecule has 0 saturated carbocycles. The van der Waals surface area contributed by atoms with Crippen molar-refractivity contribution in [1.29, 1.82) is 0 Å². The molecule has 3 aromatic rings. The molecular formula is C26H29NO5. The van der Waals surface area contributed by atoms with Crippen LogP contribution in [0.4, 0.5) is 0 Å². The molecule has 0 aliphatic rings. The highest BCUT2D eigenvalue weighted by Crippen LogP contribution is 2.32. The molecule has 32 heavy (non-hydrogen) atoms. The first-order valence-corrected chi connectivity index (χ1v) is 10.8. The Morgan fingerprint density at radius 2 is 1.91 bits per heavy atom. The summed E-state index contributed by atoms with van der Waals surface area (Å²) in [6, 6.07) is 12.9. The number of benzene rings is 2. The first kappa shape index (κ1) is 23.1. The molecule has 1 heterocycles.